The predicted molar refractivity (Wildman–Crippen MR) is 114 cm³/mol. The Bertz CT molecular complexity index is 627. The van der Waals surface area contributed by atoms with Crippen LogP contribution in [0.3, 0.4) is 0 Å². The van der Waals surface area contributed by atoms with Gasteiger partial charge in [-0.2, -0.15) is 0 Å². The Morgan fingerprint density at radius 3 is 2.46 bits per heavy atom. The minimum atomic E-state index is 0.0576. The molecule has 1 aromatic carbocycles. The Labute approximate surface area is 169 Å². The minimum Gasteiger partial charge on any atom is -0.383 e. The minimum absolute atomic E-state index is 0.0576. The molecule has 1 saturated heterocycles. The molecule has 2 rings (SSSR count). The van der Waals surface area contributed by atoms with Crippen LogP contribution in [-0.2, 0) is 22.5 Å². The number of rotatable bonds is 9. The summed E-state index contributed by atoms with van der Waals surface area (Å²) in [5.41, 5.74) is 2.64. The van der Waals surface area contributed by atoms with E-state index in [-0.39, 0.29) is 5.91 Å². The molecule has 0 atom stereocenters. The molecule has 156 valence electrons. The number of methoxy groups -OCH3 is 1. The highest BCUT2D eigenvalue weighted by atomic mass is 16.5. The fourth-order valence-corrected chi connectivity index (χ4v) is 3.31. The molecule has 1 amide bonds. The van der Waals surface area contributed by atoms with Gasteiger partial charge < -0.3 is 20.3 Å². The van der Waals surface area contributed by atoms with Gasteiger partial charge in [0.2, 0.25) is 5.91 Å². The van der Waals surface area contributed by atoms with Crippen LogP contribution in [0.1, 0.15) is 25.0 Å². The molecule has 2 N–H and O–H groups in total. The van der Waals surface area contributed by atoms with Crippen LogP contribution in [0, 0.1) is 0 Å². The third kappa shape index (κ3) is 7.13. The van der Waals surface area contributed by atoms with E-state index in [0.29, 0.717) is 26.2 Å². The van der Waals surface area contributed by atoms with Crippen molar-refractivity contribution in [1.82, 2.24) is 20.4 Å². The quantitative estimate of drug-likeness (QED) is 0.376. The topological polar surface area (TPSA) is 69.2 Å². The van der Waals surface area contributed by atoms with Gasteiger partial charge in [0.05, 0.1) is 19.7 Å². The highest BCUT2D eigenvalue weighted by Crippen LogP contribution is 2.11. The summed E-state index contributed by atoms with van der Waals surface area (Å²) in [7, 11) is 1.63. The van der Waals surface area contributed by atoms with Crippen molar-refractivity contribution >= 4 is 11.9 Å². The van der Waals surface area contributed by atoms with Crippen molar-refractivity contribution in [3.05, 3.63) is 35.4 Å². The Morgan fingerprint density at radius 1 is 1.11 bits per heavy atom. The number of carbonyl (C=O) groups is 1. The number of nitrogens with zero attached hydrogens (tertiary/aromatic N) is 3. The van der Waals surface area contributed by atoms with Crippen LogP contribution in [-0.4, -0.2) is 81.2 Å². The zero-order valence-electron chi connectivity index (χ0n) is 17.5. The molecule has 0 unspecified atom stereocenters. The summed E-state index contributed by atoms with van der Waals surface area (Å²) in [6.07, 6.45) is 1.02. The molecule has 28 heavy (non-hydrogen) atoms. The van der Waals surface area contributed by atoms with E-state index in [4.69, 9.17) is 9.73 Å². The summed E-state index contributed by atoms with van der Waals surface area (Å²) in [5.74, 6) is 1.01. The second kappa shape index (κ2) is 12.4. The molecule has 1 aromatic rings. The zero-order valence-corrected chi connectivity index (χ0v) is 17.5. The van der Waals surface area contributed by atoms with Gasteiger partial charge in [-0.3, -0.25) is 9.69 Å². The van der Waals surface area contributed by atoms with E-state index >= 15 is 0 Å². The van der Waals surface area contributed by atoms with Crippen molar-refractivity contribution in [2.45, 2.75) is 26.8 Å². The average Bonchev–Trinajstić information content (AvgIpc) is 2.72. The maximum absolute atomic E-state index is 12.0. The number of nitrogens with one attached hydrogen (secondary N) is 2. The van der Waals surface area contributed by atoms with Gasteiger partial charge in [0.1, 0.15) is 0 Å². The van der Waals surface area contributed by atoms with Crippen molar-refractivity contribution in [2.75, 3.05) is 59.5 Å². The molecular formula is C21H35N5O2. The lowest BCUT2D eigenvalue weighted by atomic mass is 10.1. The van der Waals surface area contributed by atoms with E-state index in [0.717, 1.165) is 45.1 Å². The van der Waals surface area contributed by atoms with E-state index in [1.807, 2.05) is 0 Å². The smallest absolute Gasteiger partial charge is 0.234 e. The molecule has 0 spiro atoms. The van der Waals surface area contributed by atoms with E-state index < -0.39 is 0 Å². The van der Waals surface area contributed by atoms with Crippen LogP contribution >= 0.6 is 0 Å². The number of hydrogen-bond acceptors (Lipinski definition) is 4. The van der Waals surface area contributed by atoms with Crippen molar-refractivity contribution in [1.29, 1.82) is 0 Å². The standard InChI is InChI=1S/C21H35N5O2/c1-4-18-8-6-7-9-19(18)16-24-21(22-5-2)26-13-11-25(12-14-26)17-20(27)23-10-15-28-3/h6-9H,4-5,10-17H2,1-3H3,(H,22,24)(H,23,27). The summed E-state index contributed by atoms with van der Waals surface area (Å²) in [5, 5.41) is 6.29. The van der Waals surface area contributed by atoms with Gasteiger partial charge >= 0.3 is 0 Å². The number of amides is 1. The largest absolute Gasteiger partial charge is 0.383 e. The second-order valence-corrected chi connectivity index (χ2v) is 6.90. The lowest BCUT2D eigenvalue weighted by Gasteiger charge is -2.36. The summed E-state index contributed by atoms with van der Waals surface area (Å²) in [6.45, 7) is 10.8. The highest BCUT2D eigenvalue weighted by Gasteiger charge is 2.21. The van der Waals surface area contributed by atoms with Crippen LogP contribution in [0.4, 0.5) is 0 Å². The molecule has 7 nitrogen and oxygen atoms in total. The Balaban J connectivity index is 1.87. The zero-order chi connectivity index (χ0) is 20.2. The molecule has 0 aromatic heterocycles. The van der Waals surface area contributed by atoms with Gasteiger partial charge in [-0.05, 0) is 24.5 Å². The number of guanidine groups is 1. The molecule has 0 aliphatic carbocycles. The lowest BCUT2D eigenvalue weighted by molar-refractivity contribution is -0.122. The van der Waals surface area contributed by atoms with Crippen LogP contribution in [0.15, 0.2) is 29.3 Å². The molecular weight excluding hydrogens is 354 g/mol. The first-order valence-corrected chi connectivity index (χ1v) is 10.3. The van der Waals surface area contributed by atoms with Crippen molar-refractivity contribution < 1.29 is 9.53 Å². The Morgan fingerprint density at radius 2 is 1.82 bits per heavy atom. The molecule has 1 heterocycles. The third-order valence-electron chi connectivity index (χ3n) is 4.90. The monoisotopic (exact) mass is 389 g/mol. The first kappa shape index (κ1) is 22.2. The van der Waals surface area contributed by atoms with Gasteiger partial charge in [0, 0.05) is 46.4 Å². The van der Waals surface area contributed by atoms with Crippen molar-refractivity contribution in [3.8, 4) is 0 Å². The Hall–Kier alpha value is -2.12. The summed E-state index contributed by atoms with van der Waals surface area (Å²) < 4.78 is 4.96. The third-order valence-corrected chi connectivity index (χ3v) is 4.90. The van der Waals surface area contributed by atoms with Crippen LogP contribution in [0.2, 0.25) is 0 Å². The second-order valence-electron chi connectivity index (χ2n) is 6.90. The number of piperazine rings is 1. The Kier molecular flexibility index (Phi) is 9.79. The van der Waals surface area contributed by atoms with Gasteiger partial charge in [-0.1, -0.05) is 31.2 Å². The van der Waals surface area contributed by atoms with Gasteiger partial charge in [-0.25, -0.2) is 4.99 Å². The number of ether oxygens (including phenoxy) is 1. The molecule has 1 aliphatic rings. The summed E-state index contributed by atoms with van der Waals surface area (Å²) in [6, 6.07) is 8.50. The summed E-state index contributed by atoms with van der Waals surface area (Å²) in [4.78, 5) is 21.3. The van der Waals surface area contributed by atoms with Gasteiger partial charge in [0.25, 0.3) is 0 Å². The maximum Gasteiger partial charge on any atom is 0.234 e. The van der Waals surface area contributed by atoms with Crippen LogP contribution < -0.4 is 10.6 Å². The van der Waals surface area contributed by atoms with Crippen LogP contribution in [0.5, 0.6) is 0 Å². The number of hydrogen-bond donors (Lipinski definition) is 2. The maximum atomic E-state index is 12.0. The van der Waals surface area contributed by atoms with E-state index in [1.54, 1.807) is 7.11 Å². The first-order valence-electron chi connectivity index (χ1n) is 10.3. The lowest BCUT2D eigenvalue weighted by Crippen LogP contribution is -2.54. The number of benzene rings is 1. The average molecular weight is 390 g/mol. The molecule has 1 fully saturated rings. The predicted octanol–water partition coefficient (Wildman–Crippen LogP) is 1.09. The fraction of sp³-hybridized carbons (Fsp3) is 0.619. The molecule has 0 radical (unpaired) electrons. The number of aliphatic imine (C=N–C) groups is 1. The van der Waals surface area contributed by atoms with Gasteiger partial charge in [-0.15, -0.1) is 0 Å². The molecule has 1 aliphatic heterocycles. The van der Waals surface area contributed by atoms with Crippen LogP contribution in [0.25, 0.3) is 0 Å². The SMILES string of the molecule is CCNC(=NCc1ccccc1CC)N1CCN(CC(=O)NCCOC)CC1. The van der Waals surface area contributed by atoms with Crippen molar-refractivity contribution in [3.63, 3.8) is 0 Å². The first-order chi connectivity index (χ1) is 13.7. The van der Waals surface area contributed by atoms with E-state index in [2.05, 4.69) is 58.5 Å². The van der Waals surface area contributed by atoms with Crippen molar-refractivity contribution in [2.24, 2.45) is 4.99 Å². The fourth-order valence-electron chi connectivity index (χ4n) is 3.31. The molecule has 7 heteroatoms. The normalized spacial score (nSPS) is 15.5. The summed E-state index contributed by atoms with van der Waals surface area (Å²) >= 11 is 0. The van der Waals surface area contributed by atoms with E-state index in [1.165, 1.54) is 11.1 Å². The molecule has 0 saturated carbocycles. The van der Waals surface area contributed by atoms with Gasteiger partial charge in [0.15, 0.2) is 5.96 Å². The molecule has 0 bridgehead atoms. The number of aryl methyl sites for hydroxylation is 1. The highest BCUT2D eigenvalue weighted by molar-refractivity contribution is 5.80. The number of carbonyl (C=O) groups excluding carboxylic acids is 1. The van der Waals surface area contributed by atoms with E-state index in [9.17, 15) is 4.79 Å².